The molecule has 3 heterocycles. The van der Waals surface area contributed by atoms with Gasteiger partial charge in [-0.25, -0.2) is 4.98 Å². The van der Waals surface area contributed by atoms with Crippen molar-refractivity contribution in [2.45, 2.75) is 38.1 Å². The third kappa shape index (κ3) is 5.15. The molecule has 28 heavy (non-hydrogen) atoms. The summed E-state index contributed by atoms with van der Waals surface area (Å²) in [5.74, 6) is -0.0162. The van der Waals surface area contributed by atoms with E-state index in [9.17, 15) is 4.79 Å². The molecule has 0 saturated heterocycles. The number of carbonyl (C=O) groups excluding carboxylic acids is 1. The number of thiazole rings is 1. The molecule has 0 bridgehead atoms. The first kappa shape index (κ1) is 20.4. The van der Waals surface area contributed by atoms with Gasteiger partial charge in [-0.3, -0.25) is 9.78 Å². The third-order valence-electron chi connectivity index (χ3n) is 4.68. The summed E-state index contributed by atoms with van der Waals surface area (Å²) in [4.78, 5) is 25.6. The predicted molar refractivity (Wildman–Crippen MR) is 111 cm³/mol. The maximum atomic E-state index is 12.8. The van der Waals surface area contributed by atoms with E-state index in [4.69, 9.17) is 5.11 Å². The molecule has 4 rings (SSSR count). The molecule has 1 fully saturated rings. The first-order valence-corrected chi connectivity index (χ1v) is 10.4. The molecule has 1 aliphatic rings. The lowest BCUT2D eigenvalue weighted by atomic mass is 9.95. The van der Waals surface area contributed by atoms with E-state index in [0.717, 1.165) is 34.4 Å². The zero-order valence-electron chi connectivity index (χ0n) is 16.0. The second-order valence-corrected chi connectivity index (χ2v) is 7.57. The summed E-state index contributed by atoms with van der Waals surface area (Å²) in [6.07, 6.45) is 9.44. The first-order valence-electron chi connectivity index (χ1n) is 9.50. The van der Waals surface area contributed by atoms with Crippen molar-refractivity contribution < 1.29 is 14.6 Å². The number of rotatable bonds is 5. The van der Waals surface area contributed by atoms with Crippen LogP contribution < -0.4 is 5.32 Å². The molecule has 3 N–H and O–H groups in total. The molecule has 1 aliphatic carbocycles. The molecule has 0 unspecified atom stereocenters. The molecule has 0 aromatic carbocycles. The third-order valence-corrected chi connectivity index (χ3v) is 5.48. The van der Waals surface area contributed by atoms with Crippen LogP contribution in [0.15, 0.2) is 30.0 Å². The second-order valence-electron chi connectivity index (χ2n) is 6.68. The van der Waals surface area contributed by atoms with Gasteiger partial charge in [-0.1, -0.05) is 19.3 Å². The molecule has 3 aromatic rings. The van der Waals surface area contributed by atoms with Gasteiger partial charge in [-0.2, -0.15) is 0 Å². The Morgan fingerprint density at radius 1 is 1.39 bits per heavy atom. The Balaban J connectivity index is 0.000000403. The van der Waals surface area contributed by atoms with Gasteiger partial charge in [-0.15, -0.1) is 11.3 Å². The topological polar surface area (TPSA) is 100 Å². The number of aromatic nitrogens is 3. The number of aliphatic hydroxyl groups excluding tert-OH is 1. The van der Waals surface area contributed by atoms with Gasteiger partial charge in [0, 0.05) is 25.5 Å². The Bertz CT molecular complexity index is 871. The van der Waals surface area contributed by atoms with Crippen LogP contribution in [-0.2, 0) is 4.74 Å². The highest BCUT2D eigenvalue weighted by atomic mass is 32.1. The maximum absolute atomic E-state index is 12.8. The van der Waals surface area contributed by atoms with E-state index in [1.54, 1.807) is 18.8 Å². The molecule has 3 aromatic heterocycles. The molecule has 0 aliphatic heterocycles. The number of hydrogen-bond donors (Lipinski definition) is 3. The summed E-state index contributed by atoms with van der Waals surface area (Å²) in [5.41, 5.74) is 4.85. The fourth-order valence-corrected chi connectivity index (χ4v) is 3.87. The van der Waals surface area contributed by atoms with E-state index >= 15 is 0 Å². The summed E-state index contributed by atoms with van der Waals surface area (Å²) in [7, 11) is 1.55. The summed E-state index contributed by atoms with van der Waals surface area (Å²) < 4.78 is 4.44. The maximum Gasteiger partial charge on any atom is 0.253 e. The van der Waals surface area contributed by atoms with E-state index in [0.29, 0.717) is 18.2 Å². The number of ether oxygens (including phenoxy) is 1. The molecule has 8 heteroatoms. The van der Waals surface area contributed by atoms with Crippen molar-refractivity contribution in [2.24, 2.45) is 0 Å². The van der Waals surface area contributed by atoms with Crippen LogP contribution in [0.4, 0.5) is 0 Å². The van der Waals surface area contributed by atoms with E-state index in [1.165, 1.54) is 30.6 Å². The van der Waals surface area contributed by atoms with E-state index < -0.39 is 0 Å². The summed E-state index contributed by atoms with van der Waals surface area (Å²) >= 11 is 1.53. The number of H-pyrrole nitrogens is 1. The Kier molecular flexibility index (Phi) is 7.53. The summed E-state index contributed by atoms with van der Waals surface area (Å²) in [5, 5.41) is 11.1. The molecule has 150 valence electrons. The molecular weight excluding hydrogens is 376 g/mol. The van der Waals surface area contributed by atoms with Gasteiger partial charge in [0.15, 0.2) is 0 Å². The average Bonchev–Trinajstić information content (AvgIpc) is 3.41. The van der Waals surface area contributed by atoms with Crippen LogP contribution >= 0.6 is 11.3 Å². The molecule has 0 radical (unpaired) electrons. The first-order chi connectivity index (χ1) is 13.7. The van der Waals surface area contributed by atoms with Crippen LogP contribution in [-0.4, -0.2) is 52.3 Å². The van der Waals surface area contributed by atoms with Crippen LogP contribution in [0.3, 0.4) is 0 Å². The van der Waals surface area contributed by atoms with Crippen LogP contribution in [0.1, 0.15) is 42.5 Å². The SMILES string of the molecule is COCCO.O=C(NC1CCCCC1)c1cc(-c2cncs2)nc2cc[nH]c12. The largest absolute Gasteiger partial charge is 0.394 e. The van der Waals surface area contributed by atoms with Crippen molar-refractivity contribution in [1.82, 2.24) is 20.3 Å². The Hall–Kier alpha value is -2.29. The van der Waals surface area contributed by atoms with Crippen molar-refractivity contribution >= 4 is 28.3 Å². The normalized spacial score (nSPS) is 14.5. The number of amides is 1. The van der Waals surface area contributed by atoms with Crippen LogP contribution in [0.25, 0.3) is 21.6 Å². The zero-order valence-corrected chi connectivity index (χ0v) is 16.8. The minimum Gasteiger partial charge on any atom is -0.394 e. The number of nitrogens with zero attached hydrogens (tertiary/aromatic N) is 2. The zero-order chi connectivity index (χ0) is 19.8. The molecule has 1 saturated carbocycles. The van der Waals surface area contributed by atoms with E-state index in [2.05, 4.69) is 25.0 Å². The second kappa shape index (κ2) is 10.3. The molecule has 0 atom stereocenters. The van der Waals surface area contributed by atoms with Crippen LogP contribution in [0, 0.1) is 0 Å². The summed E-state index contributed by atoms with van der Waals surface area (Å²) in [6, 6.07) is 4.06. The lowest BCUT2D eigenvalue weighted by Gasteiger charge is -2.23. The fraction of sp³-hybridized carbons (Fsp3) is 0.450. The number of aromatic amines is 1. The smallest absolute Gasteiger partial charge is 0.253 e. The molecular formula is C20H26N4O3S. The van der Waals surface area contributed by atoms with Crippen molar-refractivity contribution in [3.05, 3.63) is 35.6 Å². The number of carbonyl (C=O) groups is 1. The fourth-order valence-electron chi connectivity index (χ4n) is 3.29. The van der Waals surface area contributed by atoms with Gasteiger partial charge >= 0.3 is 0 Å². The molecule has 1 amide bonds. The highest BCUT2D eigenvalue weighted by Gasteiger charge is 2.20. The number of hydrogen-bond acceptors (Lipinski definition) is 6. The van der Waals surface area contributed by atoms with Crippen LogP contribution in [0.5, 0.6) is 0 Å². The van der Waals surface area contributed by atoms with E-state index in [-0.39, 0.29) is 12.5 Å². The number of pyridine rings is 1. The quantitative estimate of drug-likeness (QED) is 0.607. The van der Waals surface area contributed by atoms with Gasteiger partial charge in [0.25, 0.3) is 5.91 Å². The minimum atomic E-state index is -0.0162. The Labute approximate surface area is 168 Å². The number of fused-ring (bicyclic) bond motifs is 1. The van der Waals surface area contributed by atoms with Gasteiger partial charge in [-0.05, 0) is 25.0 Å². The summed E-state index contributed by atoms with van der Waals surface area (Å²) in [6.45, 7) is 0.566. The molecule has 7 nitrogen and oxygen atoms in total. The number of methoxy groups -OCH3 is 1. The van der Waals surface area contributed by atoms with Crippen molar-refractivity contribution in [1.29, 1.82) is 0 Å². The van der Waals surface area contributed by atoms with Gasteiger partial charge in [0.2, 0.25) is 0 Å². The highest BCUT2D eigenvalue weighted by Crippen LogP contribution is 2.27. The van der Waals surface area contributed by atoms with Gasteiger partial charge in [0.1, 0.15) is 0 Å². The molecule has 0 spiro atoms. The Morgan fingerprint density at radius 2 is 2.21 bits per heavy atom. The highest BCUT2D eigenvalue weighted by molar-refractivity contribution is 7.13. The van der Waals surface area contributed by atoms with Crippen molar-refractivity contribution in [3.63, 3.8) is 0 Å². The lowest BCUT2D eigenvalue weighted by molar-refractivity contribution is 0.0929. The number of nitrogens with one attached hydrogen (secondary N) is 2. The Morgan fingerprint density at radius 3 is 2.86 bits per heavy atom. The van der Waals surface area contributed by atoms with Crippen molar-refractivity contribution in [2.75, 3.05) is 20.3 Å². The monoisotopic (exact) mass is 402 g/mol. The number of aliphatic hydroxyl groups is 1. The lowest BCUT2D eigenvalue weighted by Crippen LogP contribution is -2.36. The predicted octanol–water partition coefficient (Wildman–Crippen LogP) is 3.37. The standard InChI is InChI=1S/C17H18N4OS.C3H8O2/c22-17(20-11-4-2-1-3-5-11)12-8-14(15-9-18-10-23-15)21-13-6-7-19-16(12)13;1-5-3-2-4/h6-11,19H,1-5H2,(H,20,22);4H,2-3H2,1H3. The van der Waals surface area contributed by atoms with E-state index in [1.807, 2.05) is 18.3 Å². The van der Waals surface area contributed by atoms with Gasteiger partial charge < -0.3 is 20.1 Å². The minimum absolute atomic E-state index is 0.0162. The van der Waals surface area contributed by atoms with Crippen LogP contribution in [0.2, 0.25) is 0 Å². The van der Waals surface area contributed by atoms with Crippen molar-refractivity contribution in [3.8, 4) is 10.6 Å². The van der Waals surface area contributed by atoms with Gasteiger partial charge in [0.05, 0.1) is 45.9 Å². The average molecular weight is 403 g/mol.